The van der Waals surface area contributed by atoms with Gasteiger partial charge in [-0.05, 0) is 41.3 Å². The van der Waals surface area contributed by atoms with Crippen molar-refractivity contribution in [3.63, 3.8) is 0 Å². The van der Waals surface area contributed by atoms with Gasteiger partial charge in [0.05, 0.1) is 25.5 Å². The van der Waals surface area contributed by atoms with Gasteiger partial charge in [0.25, 0.3) is 0 Å². The Kier molecular flexibility index (Phi) is 6.27. The lowest BCUT2D eigenvalue weighted by Gasteiger charge is -2.14. The van der Waals surface area contributed by atoms with E-state index in [0.717, 1.165) is 27.2 Å². The second-order valence-corrected chi connectivity index (χ2v) is 8.80. The number of thiophene rings is 1. The Labute approximate surface area is 175 Å². The zero-order chi connectivity index (χ0) is 21.0. The summed E-state index contributed by atoms with van der Waals surface area (Å²) in [4.78, 5) is 27.7. The van der Waals surface area contributed by atoms with Crippen LogP contribution in [0.25, 0.3) is 10.2 Å². The molecule has 0 aliphatic carbocycles. The molecule has 0 atom stereocenters. The first kappa shape index (κ1) is 20.9. The van der Waals surface area contributed by atoms with Crippen molar-refractivity contribution in [2.75, 3.05) is 26.0 Å². The van der Waals surface area contributed by atoms with Crippen molar-refractivity contribution >= 4 is 38.9 Å². The van der Waals surface area contributed by atoms with E-state index < -0.39 is 0 Å². The van der Waals surface area contributed by atoms with Gasteiger partial charge < -0.3 is 10.1 Å². The van der Waals surface area contributed by atoms with Crippen molar-refractivity contribution in [2.45, 2.75) is 32.6 Å². The number of rotatable bonds is 7. The fraction of sp³-hybridized carbons (Fsp3) is 0.364. The Balaban J connectivity index is 1.69. The van der Waals surface area contributed by atoms with Gasteiger partial charge in [-0.3, -0.25) is 9.79 Å². The van der Waals surface area contributed by atoms with Gasteiger partial charge in [0.15, 0.2) is 5.78 Å². The summed E-state index contributed by atoms with van der Waals surface area (Å²) in [6.07, 6.45) is 1.79. The Morgan fingerprint density at radius 3 is 2.55 bits per heavy atom. The molecule has 2 heterocycles. The summed E-state index contributed by atoms with van der Waals surface area (Å²) in [5, 5.41) is 4.14. The third-order valence-corrected chi connectivity index (χ3v) is 6.05. The predicted molar refractivity (Wildman–Crippen MR) is 120 cm³/mol. The molecule has 0 amide bonds. The number of nitrogens with one attached hydrogen (secondary N) is 1. The summed E-state index contributed by atoms with van der Waals surface area (Å²) in [5.74, 6) is 1.50. The molecule has 1 aromatic carbocycles. The normalized spacial score (nSPS) is 12.2. The molecule has 7 heteroatoms. The smallest absolute Gasteiger partial charge is 0.157 e. The number of carbonyl (C=O) groups is 1. The molecule has 0 saturated carbocycles. The van der Waals surface area contributed by atoms with Crippen LogP contribution >= 0.6 is 11.3 Å². The summed E-state index contributed by atoms with van der Waals surface area (Å²) < 4.78 is 5.18. The van der Waals surface area contributed by atoms with E-state index in [0.29, 0.717) is 5.82 Å². The number of hydrogen-bond donors (Lipinski definition) is 1. The molecule has 0 bridgehead atoms. The molecule has 0 fully saturated rings. The lowest BCUT2D eigenvalue weighted by Crippen LogP contribution is -2.18. The zero-order valence-corrected chi connectivity index (χ0v) is 18.3. The average molecular weight is 411 g/mol. The van der Waals surface area contributed by atoms with E-state index in [1.807, 2.05) is 24.3 Å². The van der Waals surface area contributed by atoms with Crippen LogP contribution in [0.5, 0.6) is 5.75 Å². The van der Waals surface area contributed by atoms with Crippen LogP contribution in [0.4, 0.5) is 5.82 Å². The maximum atomic E-state index is 12.6. The number of methoxy groups -OCH3 is 1. The van der Waals surface area contributed by atoms with Crippen LogP contribution in [0.3, 0.4) is 0 Å². The molecule has 0 aliphatic rings. The highest BCUT2D eigenvalue weighted by atomic mass is 32.1. The van der Waals surface area contributed by atoms with Gasteiger partial charge in [-0.25, -0.2) is 9.97 Å². The predicted octanol–water partition coefficient (Wildman–Crippen LogP) is 4.49. The molecular formula is C22H26N4O2S. The maximum Gasteiger partial charge on any atom is 0.157 e. The lowest BCUT2D eigenvalue weighted by atomic mass is 9.94. The minimum absolute atomic E-state index is 0.0412. The number of aromatic nitrogens is 2. The van der Waals surface area contributed by atoms with E-state index in [4.69, 9.17) is 4.74 Å². The molecule has 1 N–H and O–H groups in total. The first-order valence-corrected chi connectivity index (χ1v) is 10.2. The topological polar surface area (TPSA) is 76.5 Å². The van der Waals surface area contributed by atoms with E-state index in [1.165, 1.54) is 11.2 Å². The van der Waals surface area contributed by atoms with Crippen LogP contribution in [0, 0.1) is 0 Å². The molecule has 0 radical (unpaired) electrons. The Hall–Kier alpha value is -2.80. The molecule has 0 spiro atoms. The van der Waals surface area contributed by atoms with Crippen LogP contribution in [0.1, 0.15) is 37.6 Å². The highest BCUT2D eigenvalue weighted by molar-refractivity contribution is 7.18. The summed E-state index contributed by atoms with van der Waals surface area (Å²) in [6.45, 7) is 6.70. The number of nitrogens with zero attached hydrogens (tertiary/aromatic N) is 3. The minimum atomic E-state index is 0.0412. The monoisotopic (exact) mass is 410 g/mol. The molecule has 29 heavy (non-hydrogen) atoms. The van der Waals surface area contributed by atoms with Crippen LogP contribution in [-0.4, -0.2) is 42.2 Å². The van der Waals surface area contributed by atoms with Crippen LogP contribution < -0.4 is 10.1 Å². The first-order chi connectivity index (χ1) is 13.8. The second kappa shape index (κ2) is 8.69. The quantitative estimate of drug-likeness (QED) is 0.581. The zero-order valence-electron chi connectivity index (χ0n) is 17.4. The van der Waals surface area contributed by atoms with Gasteiger partial charge in [-0.1, -0.05) is 20.8 Å². The fourth-order valence-electron chi connectivity index (χ4n) is 2.89. The van der Waals surface area contributed by atoms with E-state index in [9.17, 15) is 4.79 Å². The summed E-state index contributed by atoms with van der Waals surface area (Å²) in [6, 6.07) is 9.67. The third-order valence-electron chi connectivity index (χ3n) is 4.58. The minimum Gasteiger partial charge on any atom is -0.497 e. The summed E-state index contributed by atoms with van der Waals surface area (Å²) in [5.41, 5.74) is 1.71. The van der Waals surface area contributed by atoms with Crippen LogP contribution in [-0.2, 0) is 10.2 Å². The van der Waals surface area contributed by atoms with Crippen molar-refractivity contribution in [2.24, 2.45) is 4.99 Å². The number of carbonyl (C=O) groups excluding carboxylic acids is 1. The number of fused-ring (bicyclic) bond motifs is 1. The number of Topliss-reactive ketones (excluding diaryl/α,β-unsaturated/α-hetero) is 1. The van der Waals surface area contributed by atoms with Crippen LogP contribution in [0.15, 0.2) is 41.7 Å². The summed E-state index contributed by atoms with van der Waals surface area (Å²) >= 11 is 1.66. The summed E-state index contributed by atoms with van der Waals surface area (Å²) in [7, 11) is 3.33. The van der Waals surface area contributed by atoms with Crippen molar-refractivity contribution in [3.05, 3.63) is 47.1 Å². The van der Waals surface area contributed by atoms with Gasteiger partial charge in [-0.15, -0.1) is 11.3 Å². The lowest BCUT2D eigenvalue weighted by molar-refractivity contribution is -0.116. The number of aliphatic imine (C=N–C) groups is 1. The first-order valence-electron chi connectivity index (χ1n) is 9.42. The Morgan fingerprint density at radius 2 is 1.93 bits per heavy atom. The molecule has 0 aliphatic heterocycles. The van der Waals surface area contributed by atoms with Crippen molar-refractivity contribution in [1.82, 2.24) is 9.97 Å². The molecule has 3 aromatic rings. The van der Waals surface area contributed by atoms with E-state index >= 15 is 0 Å². The third kappa shape index (κ3) is 4.98. The number of ketones is 1. The molecule has 0 saturated heterocycles. The highest BCUT2D eigenvalue weighted by Gasteiger charge is 2.19. The van der Waals surface area contributed by atoms with Gasteiger partial charge in [0.1, 0.15) is 22.7 Å². The van der Waals surface area contributed by atoms with Crippen molar-refractivity contribution in [1.29, 1.82) is 0 Å². The molecule has 3 rings (SSSR count). The van der Waals surface area contributed by atoms with Gasteiger partial charge in [0, 0.05) is 17.6 Å². The van der Waals surface area contributed by atoms with Gasteiger partial charge in [0.2, 0.25) is 0 Å². The average Bonchev–Trinajstić information content (AvgIpc) is 3.16. The Bertz CT molecular complexity index is 1030. The van der Waals surface area contributed by atoms with Crippen molar-refractivity contribution < 1.29 is 9.53 Å². The highest BCUT2D eigenvalue weighted by Crippen LogP contribution is 2.35. The standard InChI is InChI=1S/C22H26N4O2S/c1-22(2,3)19-11-17-20(25-13-26-21(17)29-19)24-12-15(27)10-18(23-4)14-6-8-16(28-5)9-7-14/h6-9,11,13H,10,12H2,1-5H3,(H,24,25,26). The fourth-order valence-corrected chi connectivity index (χ4v) is 3.95. The van der Waals surface area contributed by atoms with Crippen molar-refractivity contribution in [3.8, 4) is 5.75 Å². The molecule has 152 valence electrons. The second-order valence-electron chi connectivity index (χ2n) is 7.77. The number of benzene rings is 1. The number of anilines is 1. The number of hydrogen-bond acceptors (Lipinski definition) is 7. The maximum absolute atomic E-state index is 12.6. The van der Waals surface area contributed by atoms with E-state index in [1.54, 1.807) is 25.5 Å². The molecule has 2 aromatic heterocycles. The Morgan fingerprint density at radius 1 is 1.21 bits per heavy atom. The van der Waals surface area contributed by atoms with Crippen LogP contribution in [0.2, 0.25) is 0 Å². The molecule has 6 nitrogen and oxygen atoms in total. The van der Waals surface area contributed by atoms with E-state index in [2.05, 4.69) is 47.1 Å². The molecular weight excluding hydrogens is 384 g/mol. The molecule has 0 unspecified atom stereocenters. The number of ether oxygens (including phenoxy) is 1. The SMILES string of the molecule is CN=C(CC(=O)CNc1ncnc2sc(C(C)(C)C)cc12)c1ccc(OC)cc1. The van der Waals surface area contributed by atoms with E-state index in [-0.39, 0.29) is 24.2 Å². The largest absolute Gasteiger partial charge is 0.497 e. The van der Waals surface area contributed by atoms with Gasteiger partial charge in [-0.2, -0.15) is 0 Å². The van der Waals surface area contributed by atoms with Gasteiger partial charge >= 0.3 is 0 Å².